The number of aromatic nitrogens is 3. The molecular weight excluding hydrogens is 420 g/mol. The fourth-order valence-corrected chi connectivity index (χ4v) is 3.50. The first-order valence-corrected chi connectivity index (χ1v) is 10.7. The lowest BCUT2D eigenvalue weighted by atomic mass is 10.1. The van der Waals surface area contributed by atoms with Gasteiger partial charge >= 0.3 is 0 Å². The summed E-state index contributed by atoms with van der Waals surface area (Å²) in [5, 5.41) is 10.0. The minimum atomic E-state index is -0.137. The van der Waals surface area contributed by atoms with Crippen LogP contribution in [0.2, 0.25) is 0 Å². The van der Waals surface area contributed by atoms with Crippen LogP contribution in [-0.4, -0.2) is 20.7 Å². The number of para-hydroxylation sites is 1. The van der Waals surface area contributed by atoms with E-state index in [0.717, 1.165) is 28.0 Å². The third-order valence-electron chi connectivity index (χ3n) is 5.00. The first kappa shape index (κ1) is 21.5. The zero-order valence-corrected chi connectivity index (χ0v) is 18.6. The number of nitrogens with one attached hydrogen (secondary N) is 2. The first-order valence-electron chi connectivity index (χ1n) is 10.3. The predicted molar refractivity (Wildman–Crippen MR) is 127 cm³/mol. The van der Waals surface area contributed by atoms with E-state index in [4.69, 9.17) is 17.0 Å². The summed E-state index contributed by atoms with van der Waals surface area (Å²) < 4.78 is 7.93. The molecule has 0 radical (unpaired) electrons. The third kappa shape index (κ3) is 5.50. The lowest BCUT2D eigenvalue weighted by Gasteiger charge is -2.10. The van der Waals surface area contributed by atoms with E-state index in [1.165, 1.54) is 0 Å². The summed E-state index contributed by atoms with van der Waals surface area (Å²) in [7, 11) is 0. The highest BCUT2D eigenvalue weighted by molar-refractivity contribution is 7.71. The molecule has 0 aliphatic heterocycles. The fraction of sp³-hybridized carbons (Fsp3) is 0.160. The number of hydrogen-bond donors (Lipinski definition) is 2. The normalized spacial score (nSPS) is 10.7. The zero-order chi connectivity index (χ0) is 22.3. The minimum Gasteiger partial charge on any atom is -0.489 e. The summed E-state index contributed by atoms with van der Waals surface area (Å²) in [6, 6.07) is 25.6. The maximum absolute atomic E-state index is 12.6. The van der Waals surface area contributed by atoms with Gasteiger partial charge in [-0.1, -0.05) is 72.3 Å². The average molecular weight is 445 g/mol. The number of carbonyl (C=O) groups is 1. The lowest BCUT2D eigenvalue weighted by molar-refractivity contribution is -0.121. The molecule has 0 saturated carbocycles. The molecule has 0 aliphatic carbocycles. The summed E-state index contributed by atoms with van der Waals surface area (Å²) >= 11 is 5.33. The number of carbonyl (C=O) groups excluding carboxylic acids is 1. The Morgan fingerprint density at radius 3 is 2.56 bits per heavy atom. The van der Waals surface area contributed by atoms with E-state index in [1.807, 2.05) is 85.8 Å². The number of hydrogen-bond acceptors (Lipinski definition) is 4. The van der Waals surface area contributed by atoms with Crippen molar-refractivity contribution in [1.82, 2.24) is 20.1 Å². The fourth-order valence-electron chi connectivity index (χ4n) is 3.30. The van der Waals surface area contributed by atoms with Crippen LogP contribution < -0.4 is 10.1 Å². The number of aromatic amines is 1. The molecule has 32 heavy (non-hydrogen) atoms. The zero-order valence-electron chi connectivity index (χ0n) is 17.7. The largest absolute Gasteiger partial charge is 0.489 e. The molecule has 0 spiro atoms. The SMILES string of the molecule is Cc1ccc(-c2n[nH]c(=S)n2CC(=O)NCc2cccc(COc3ccccc3)c2)cc1. The Balaban J connectivity index is 1.36. The number of ether oxygens (including phenoxy) is 1. The molecule has 3 aromatic carbocycles. The highest BCUT2D eigenvalue weighted by Crippen LogP contribution is 2.18. The number of H-pyrrole nitrogens is 1. The van der Waals surface area contributed by atoms with Crippen molar-refractivity contribution >= 4 is 18.1 Å². The Morgan fingerprint density at radius 2 is 1.78 bits per heavy atom. The summed E-state index contributed by atoms with van der Waals surface area (Å²) in [6.07, 6.45) is 0. The van der Waals surface area contributed by atoms with E-state index in [1.54, 1.807) is 4.57 Å². The predicted octanol–water partition coefficient (Wildman–Crippen LogP) is 4.81. The quantitative estimate of drug-likeness (QED) is 0.383. The van der Waals surface area contributed by atoms with Gasteiger partial charge in [0.15, 0.2) is 10.6 Å². The van der Waals surface area contributed by atoms with Gasteiger partial charge in [0, 0.05) is 12.1 Å². The Labute approximate surface area is 191 Å². The van der Waals surface area contributed by atoms with Crippen molar-refractivity contribution < 1.29 is 9.53 Å². The van der Waals surface area contributed by atoms with Crippen molar-refractivity contribution in [3.05, 3.63) is 100 Å². The van der Waals surface area contributed by atoms with Crippen LogP contribution in [0, 0.1) is 11.7 Å². The van der Waals surface area contributed by atoms with Gasteiger partial charge in [0.25, 0.3) is 0 Å². The van der Waals surface area contributed by atoms with Gasteiger partial charge in [-0.2, -0.15) is 5.10 Å². The number of benzene rings is 3. The molecule has 0 bridgehead atoms. The molecule has 2 N–H and O–H groups in total. The van der Waals surface area contributed by atoms with Crippen molar-refractivity contribution in [2.24, 2.45) is 0 Å². The van der Waals surface area contributed by atoms with E-state index in [0.29, 0.717) is 23.7 Å². The van der Waals surface area contributed by atoms with E-state index >= 15 is 0 Å². The first-order chi connectivity index (χ1) is 15.6. The van der Waals surface area contributed by atoms with Crippen LogP contribution in [0.4, 0.5) is 0 Å². The van der Waals surface area contributed by atoms with E-state index in [9.17, 15) is 4.79 Å². The standard InChI is InChI=1S/C25H24N4O2S/c1-18-10-12-21(13-11-18)24-27-28-25(32)29(24)16-23(30)26-15-19-6-5-7-20(14-19)17-31-22-8-3-2-4-9-22/h2-14H,15-17H2,1H3,(H,26,30)(H,28,32). The molecule has 162 valence electrons. The van der Waals surface area contributed by atoms with Crippen LogP contribution in [0.3, 0.4) is 0 Å². The Morgan fingerprint density at radius 1 is 1.03 bits per heavy atom. The van der Waals surface area contributed by atoms with E-state index in [-0.39, 0.29) is 12.5 Å². The van der Waals surface area contributed by atoms with Gasteiger partial charge < -0.3 is 10.1 Å². The van der Waals surface area contributed by atoms with Crippen LogP contribution in [0.15, 0.2) is 78.9 Å². The van der Waals surface area contributed by atoms with E-state index in [2.05, 4.69) is 15.5 Å². The molecule has 1 aromatic heterocycles. The summed E-state index contributed by atoms with van der Waals surface area (Å²) in [5.74, 6) is 1.33. The summed E-state index contributed by atoms with van der Waals surface area (Å²) in [6.45, 7) is 3.01. The number of amides is 1. The number of rotatable bonds is 8. The molecule has 0 fully saturated rings. The highest BCUT2D eigenvalue weighted by Gasteiger charge is 2.12. The van der Waals surface area contributed by atoms with Gasteiger partial charge in [0.1, 0.15) is 18.9 Å². The molecule has 0 aliphatic rings. The van der Waals surface area contributed by atoms with Gasteiger partial charge in [-0.15, -0.1) is 0 Å². The minimum absolute atomic E-state index is 0.0926. The van der Waals surface area contributed by atoms with Crippen molar-refractivity contribution in [2.45, 2.75) is 26.6 Å². The molecule has 0 atom stereocenters. The lowest BCUT2D eigenvalue weighted by Crippen LogP contribution is -2.27. The second-order valence-corrected chi connectivity index (χ2v) is 7.89. The molecular formula is C25H24N4O2S. The second-order valence-electron chi connectivity index (χ2n) is 7.50. The molecule has 1 heterocycles. The van der Waals surface area contributed by atoms with Crippen LogP contribution in [0.1, 0.15) is 16.7 Å². The van der Waals surface area contributed by atoms with Crippen molar-refractivity contribution in [1.29, 1.82) is 0 Å². The highest BCUT2D eigenvalue weighted by atomic mass is 32.1. The second kappa shape index (κ2) is 10.1. The summed E-state index contributed by atoms with van der Waals surface area (Å²) in [4.78, 5) is 12.6. The molecule has 4 rings (SSSR count). The monoisotopic (exact) mass is 444 g/mol. The molecule has 4 aromatic rings. The Hall–Kier alpha value is -3.71. The maximum Gasteiger partial charge on any atom is 0.240 e. The van der Waals surface area contributed by atoms with Crippen LogP contribution >= 0.6 is 12.2 Å². The third-order valence-corrected chi connectivity index (χ3v) is 5.31. The topological polar surface area (TPSA) is 71.9 Å². The molecule has 1 amide bonds. The number of aryl methyl sites for hydroxylation is 1. The molecule has 6 nitrogen and oxygen atoms in total. The summed E-state index contributed by atoms with van der Waals surface area (Å²) in [5.41, 5.74) is 4.10. The van der Waals surface area contributed by atoms with Gasteiger partial charge in [-0.05, 0) is 42.4 Å². The van der Waals surface area contributed by atoms with Gasteiger partial charge in [0.05, 0.1) is 0 Å². The maximum atomic E-state index is 12.6. The Kier molecular flexibility index (Phi) is 6.77. The molecule has 0 unspecified atom stereocenters. The van der Waals surface area contributed by atoms with Crippen LogP contribution in [0.25, 0.3) is 11.4 Å². The van der Waals surface area contributed by atoms with Crippen LogP contribution in [-0.2, 0) is 24.5 Å². The van der Waals surface area contributed by atoms with Crippen molar-refractivity contribution in [3.63, 3.8) is 0 Å². The van der Waals surface area contributed by atoms with Gasteiger partial charge in [0.2, 0.25) is 5.91 Å². The molecule has 7 heteroatoms. The average Bonchev–Trinajstić information content (AvgIpc) is 3.18. The van der Waals surface area contributed by atoms with E-state index < -0.39 is 0 Å². The van der Waals surface area contributed by atoms with Gasteiger partial charge in [-0.3, -0.25) is 14.5 Å². The number of nitrogens with zero attached hydrogens (tertiary/aromatic N) is 2. The van der Waals surface area contributed by atoms with Crippen molar-refractivity contribution in [3.8, 4) is 17.1 Å². The Bertz CT molecular complexity index is 1250. The van der Waals surface area contributed by atoms with Gasteiger partial charge in [-0.25, -0.2) is 0 Å². The smallest absolute Gasteiger partial charge is 0.240 e. The van der Waals surface area contributed by atoms with Crippen molar-refractivity contribution in [2.75, 3.05) is 0 Å². The molecule has 0 saturated heterocycles. The van der Waals surface area contributed by atoms with Crippen LogP contribution in [0.5, 0.6) is 5.75 Å².